The summed E-state index contributed by atoms with van der Waals surface area (Å²) in [6.45, 7) is 3.99. The highest BCUT2D eigenvalue weighted by Gasteiger charge is 2.10. The second-order valence-corrected chi connectivity index (χ2v) is 5.98. The van der Waals surface area contributed by atoms with E-state index in [0.29, 0.717) is 17.0 Å². The van der Waals surface area contributed by atoms with Crippen molar-refractivity contribution in [3.8, 4) is 11.8 Å². The van der Waals surface area contributed by atoms with E-state index in [1.165, 1.54) is 11.3 Å². The van der Waals surface area contributed by atoms with Crippen molar-refractivity contribution < 1.29 is 9.90 Å². The normalized spacial score (nSPS) is 9.86. The summed E-state index contributed by atoms with van der Waals surface area (Å²) in [5.41, 5.74) is 2.54. The third-order valence-corrected chi connectivity index (χ3v) is 3.85. The Morgan fingerprint density at radius 3 is 2.76 bits per heavy atom. The molecule has 1 aromatic carbocycles. The fourth-order valence-corrected chi connectivity index (χ4v) is 2.59. The van der Waals surface area contributed by atoms with Crippen LogP contribution in [0.15, 0.2) is 30.3 Å². The van der Waals surface area contributed by atoms with E-state index >= 15 is 0 Å². The minimum absolute atomic E-state index is 0.0367. The van der Waals surface area contributed by atoms with Crippen LogP contribution in [-0.4, -0.2) is 17.6 Å². The predicted molar refractivity (Wildman–Crippen MR) is 86.8 cm³/mol. The van der Waals surface area contributed by atoms with Crippen molar-refractivity contribution in [2.75, 3.05) is 11.9 Å². The summed E-state index contributed by atoms with van der Waals surface area (Å²) in [6.07, 6.45) is 0.422. The summed E-state index contributed by atoms with van der Waals surface area (Å²) in [6, 6.07) is 9.47. The summed E-state index contributed by atoms with van der Waals surface area (Å²) in [5.74, 6) is 5.76. The molecule has 3 nitrogen and oxygen atoms in total. The van der Waals surface area contributed by atoms with Gasteiger partial charge in [-0.25, -0.2) is 0 Å². The van der Waals surface area contributed by atoms with E-state index in [1.807, 2.05) is 44.2 Å². The third kappa shape index (κ3) is 4.19. The van der Waals surface area contributed by atoms with Gasteiger partial charge in [0.2, 0.25) is 0 Å². The van der Waals surface area contributed by atoms with Gasteiger partial charge in [-0.1, -0.05) is 17.9 Å². The van der Waals surface area contributed by atoms with Crippen LogP contribution in [0.1, 0.15) is 32.1 Å². The van der Waals surface area contributed by atoms with Crippen LogP contribution in [0, 0.1) is 25.7 Å². The number of hydrogen-bond acceptors (Lipinski definition) is 3. The molecule has 0 aliphatic rings. The quantitative estimate of drug-likeness (QED) is 0.854. The maximum absolute atomic E-state index is 12.2. The van der Waals surface area contributed by atoms with E-state index in [1.54, 1.807) is 0 Å². The Morgan fingerprint density at radius 1 is 1.29 bits per heavy atom. The second-order valence-electron chi connectivity index (χ2n) is 4.69. The van der Waals surface area contributed by atoms with Crippen LogP contribution in [0.25, 0.3) is 0 Å². The molecule has 1 heterocycles. The summed E-state index contributed by atoms with van der Waals surface area (Å²) >= 11 is 1.46. The Balaban J connectivity index is 2.23. The van der Waals surface area contributed by atoms with E-state index in [4.69, 9.17) is 5.11 Å². The lowest BCUT2D eigenvalue weighted by Gasteiger charge is -2.07. The van der Waals surface area contributed by atoms with Crippen molar-refractivity contribution in [1.82, 2.24) is 0 Å². The molecule has 2 aromatic rings. The topological polar surface area (TPSA) is 49.3 Å². The number of carbonyl (C=O) groups is 1. The molecule has 4 heteroatoms. The average molecular weight is 299 g/mol. The molecule has 1 amide bonds. The first-order valence-corrected chi connectivity index (χ1v) is 7.50. The highest BCUT2D eigenvalue weighted by atomic mass is 32.1. The fourth-order valence-electron chi connectivity index (χ4n) is 1.82. The number of carbonyl (C=O) groups excluding carboxylic acids is 1. The van der Waals surface area contributed by atoms with Gasteiger partial charge in [-0.2, -0.15) is 0 Å². The highest BCUT2D eigenvalue weighted by Crippen LogP contribution is 2.20. The zero-order valence-corrected chi connectivity index (χ0v) is 12.9. The standard InChI is InChI=1S/C17H17NO2S/c1-12-6-8-15(14(11-12)5-3-4-10-19)18-17(20)16-9-7-13(2)21-16/h6-9,11,19H,4,10H2,1-2H3,(H,18,20). The molecule has 21 heavy (non-hydrogen) atoms. The fraction of sp³-hybridized carbons (Fsp3) is 0.235. The molecule has 0 atom stereocenters. The number of benzene rings is 1. The number of rotatable bonds is 3. The zero-order valence-electron chi connectivity index (χ0n) is 12.1. The van der Waals surface area contributed by atoms with Crippen LogP contribution in [0.3, 0.4) is 0 Å². The van der Waals surface area contributed by atoms with Crippen LogP contribution < -0.4 is 5.32 Å². The number of hydrogen-bond donors (Lipinski definition) is 2. The van der Waals surface area contributed by atoms with E-state index in [-0.39, 0.29) is 12.5 Å². The maximum atomic E-state index is 12.2. The number of aryl methyl sites for hydroxylation is 2. The van der Waals surface area contributed by atoms with Gasteiger partial charge in [-0.05, 0) is 43.7 Å². The molecule has 0 radical (unpaired) electrons. The van der Waals surface area contributed by atoms with E-state index in [2.05, 4.69) is 17.2 Å². The summed E-state index contributed by atoms with van der Waals surface area (Å²) in [4.78, 5) is 14.0. The molecule has 2 rings (SSSR count). The SMILES string of the molecule is Cc1ccc(NC(=O)c2ccc(C)s2)c(C#CCCO)c1. The largest absolute Gasteiger partial charge is 0.395 e. The van der Waals surface area contributed by atoms with Crippen LogP contribution in [0.5, 0.6) is 0 Å². The Kier molecular flexibility index (Phi) is 5.15. The number of nitrogens with one attached hydrogen (secondary N) is 1. The van der Waals surface area contributed by atoms with Crippen molar-refractivity contribution in [2.45, 2.75) is 20.3 Å². The summed E-state index contributed by atoms with van der Waals surface area (Å²) in [7, 11) is 0. The van der Waals surface area contributed by atoms with Crippen LogP contribution in [0.2, 0.25) is 0 Å². The Bertz CT molecular complexity index is 707. The van der Waals surface area contributed by atoms with Crippen molar-refractivity contribution in [3.63, 3.8) is 0 Å². The zero-order chi connectivity index (χ0) is 15.2. The molecule has 0 unspecified atom stereocenters. The number of aliphatic hydroxyl groups excluding tert-OH is 1. The van der Waals surface area contributed by atoms with E-state index in [9.17, 15) is 4.79 Å². The monoisotopic (exact) mass is 299 g/mol. The van der Waals surface area contributed by atoms with Crippen LogP contribution >= 0.6 is 11.3 Å². The molecule has 0 aliphatic heterocycles. The number of thiophene rings is 1. The van der Waals surface area contributed by atoms with Gasteiger partial charge in [-0.3, -0.25) is 4.79 Å². The average Bonchev–Trinajstić information content (AvgIpc) is 2.88. The van der Waals surface area contributed by atoms with Crippen molar-refractivity contribution in [2.24, 2.45) is 0 Å². The van der Waals surface area contributed by atoms with Gasteiger partial charge in [0.05, 0.1) is 17.2 Å². The molecule has 1 aromatic heterocycles. The lowest BCUT2D eigenvalue weighted by molar-refractivity contribution is 0.103. The molecule has 0 aliphatic carbocycles. The molecule has 0 spiro atoms. The van der Waals surface area contributed by atoms with Crippen molar-refractivity contribution in [1.29, 1.82) is 0 Å². The van der Waals surface area contributed by atoms with Crippen molar-refractivity contribution >= 4 is 22.9 Å². The third-order valence-electron chi connectivity index (χ3n) is 2.85. The van der Waals surface area contributed by atoms with Gasteiger partial charge in [0.15, 0.2) is 0 Å². The lowest BCUT2D eigenvalue weighted by Crippen LogP contribution is -2.11. The van der Waals surface area contributed by atoms with Gasteiger partial charge in [0, 0.05) is 16.9 Å². The minimum atomic E-state index is -0.123. The number of aliphatic hydroxyl groups is 1. The van der Waals surface area contributed by atoms with Gasteiger partial charge < -0.3 is 10.4 Å². The molecule has 108 valence electrons. The molecule has 0 saturated heterocycles. The minimum Gasteiger partial charge on any atom is -0.395 e. The second kappa shape index (κ2) is 7.07. The highest BCUT2D eigenvalue weighted by molar-refractivity contribution is 7.14. The number of anilines is 1. The Morgan fingerprint density at radius 2 is 2.10 bits per heavy atom. The molecule has 0 saturated carbocycles. The van der Waals surface area contributed by atoms with Gasteiger partial charge in [-0.15, -0.1) is 11.3 Å². The smallest absolute Gasteiger partial charge is 0.265 e. The first-order chi connectivity index (χ1) is 10.1. The molecular weight excluding hydrogens is 282 g/mol. The molecular formula is C17H17NO2S. The first kappa shape index (κ1) is 15.3. The van der Waals surface area contributed by atoms with E-state index in [0.717, 1.165) is 16.0 Å². The Labute approximate surface area is 128 Å². The van der Waals surface area contributed by atoms with Gasteiger partial charge >= 0.3 is 0 Å². The predicted octanol–water partition coefficient (Wildman–Crippen LogP) is 3.35. The number of amides is 1. The van der Waals surface area contributed by atoms with Crippen LogP contribution in [0.4, 0.5) is 5.69 Å². The Hall–Kier alpha value is -2.09. The summed E-state index contributed by atoms with van der Waals surface area (Å²) in [5, 5.41) is 11.7. The maximum Gasteiger partial charge on any atom is 0.265 e. The van der Waals surface area contributed by atoms with Crippen molar-refractivity contribution in [3.05, 3.63) is 51.2 Å². The molecule has 2 N–H and O–H groups in total. The van der Waals surface area contributed by atoms with Gasteiger partial charge in [0.1, 0.15) is 0 Å². The first-order valence-electron chi connectivity index (χ1n) is 6.68. The van der Waals surface area contributed by atoms with Crippen LogP contribution in [-0.2, 0) is 0 Å². The lowest BCUT2D eigenvalue weighted by atomic mass is 10.1. The molecule has 0 bridgehead atoms. The molecule has 0 fully saturated rings. The van der Waals surface area contributed by atoms with E-state index < -0.39 is 0 Å². The summed E-state index contributed by atoms with van der Waals surface area (Å²) < 4.78 is 0. The van der Waals surface area contributed by atoms with Gasteiger partial charge in [0.25, 0.3) is 5.91 Å².